The first-order chi connectivity index (χ1) is 11.7. The van der Waals surface area contributed by atoms with E-state index >= 15 is 0 Å². The van der Waals surface area contributed by atoms with E-state index in [0.717, 1.165) is 20.1 Å². The third-order valence-electron chi connectivity index (χ3n) is 3.60. The predicted molar refractivity (Wildman–Crippen MR) is 113 cm³/mol. The number of halogens is 2. The molecule has 3 aromatic rings. The Morgan fingerprint density at radius 2 is 0.958 bits per heavy atom. The summed E-state index contributed by atoms with van der Waals surface area (Å²) >= 11 is 7.34. The van der Waals surface area contributed by atoms with Crippen LogP contribution < -0.4 is 0 Å². The van der Waals surface area contributed by atoms with Crippen molar-refractivity contribution < 1.29 is 0 Å². The second kappa shape index (κ2) is 8.27. The second-order valence-electron chi connectivity index (χ2n) is 5.39. The number of rotatable bonds is 4. The highest BCUT2D eigenvalue weighted by Gasteiger charge is 2.00. The van der Waals surface area contributed by atoms with Crippen molar-refractivity contribution in [1.82, 2.24) is 0 Å². The molecule has 0 unspecified atom stereocenters. The molecular formula is C22H16Br2. The van der Waals surface area contributed by atoms with Crippen LogP contribution in [0.4, 0.5) is 0 Å². The van der Waals surface area contributed by atoms with E-state index in [-0.39, 0.29) is 0 Å². The van der Waals surface area contributed by atoms with Crippen LogP contribution >= 0.6 is 31.9 Å². The molecule has 0 N–H and O–H groups in total. The van der Waals surface area contributed by atoms with Gasteiger partial charge in [-0.1, -0.05) is 111 Å². The molecule has 0 nitrogen and oxygen atoms in total. The largest absolute Gasteiger partial charge is 0.0622 e. The Kier molecular flexibility index (Phi) is 5.84. The molecule has 3 aromatic carbocycles. The molecule has 0 atom stereocenters. The molecular weight excluding hydrogens is 424 g/mol. The van der Waals surface area contributed by atoms with Crippen molar-refractivity contribution in [2.45, 2.75) is 0 Å². The van der Waals surface area contributed by atoms with E-state index in [1.807, 2.05) is 36.4 Å². The Labute approximate surface area is 159 Å². The summed E-state index contributed by atoms with van der Waals surface area (Å²) in [4.78, 5) is 0. The van der Waals surface area contributed by atoms with E-state index in [0.29, 0.717) is 0 Å². The summed E-state index contributed by atoms with van der Waals surface area (Å²) in [6.07, 6.45) is 4.28. The summed E-state index contributed by atoms with van der Waals surface area (Å²) in [7, 11) is 0. The lowest BCUT2D eigenvalue weighted by atomic mass is 10.1. The number of hydrogen-bond donors (Lipinski definition) is 0. The summed E-state index contributed by atoms with van der Waals surface area (Å²) < 4.78 is 2.15. The van der Waals surface area contributed by atoms with Crippen LogP contribution in [0.3, 0.4) is 0 Å². The number of benzene rings is 3. The van der Waals surface area contributed by atoms with Gasteiger partial charge < -0.3 is 0 Å². The second-order valence-corrected chi connectivity index (χ2v) is 7.10. The minimum absolute atomic E-state index is 1.08. The molecule has 0 radical (unpaired) electrons. The molecule has 0 spiro atoms. The van der Waals surface area contributed by atoms with Gasteiger partial charge in [-0.2, -0.15) is 0 Å². The molecule has 3 rings (SSSR count). The summed E-state index contributed by atoms with van der Waals surface area (Å²) in [5, 5.41) is 0. The van der Waals surface area contributed by atoms with E-state index in [4.69, 9.17) is 0 Å². The SMILES string of the molecule is BrC(=Cc1cccc(C=C(Br)c2ccccc2)c1)c1ccccc1. The first-order valence-electron chi connectivity index (χ1n) is 7.68. The van der Waals surface area contributed by atoms with Crippen molar-refractivity contribution in [3.63, 3.8) is 0 Å². The van der Waals surface area contributed by atoms with Gasteiger partial charge in [0.2, 0.25) is 0 Å². The lowest BCUT2D eigenvalue weighted by Gasteiger charge is -2.03. The van der Waals surface area contributed by atoms with Gasteiger partial charge in [-0.15, -0.1) is 0 Å². The van der Waals surface area contributed by atoms with Crippen molar-refractivity contribution in [3.05, 3.63) is 107 Å². The number of hydrogen-bond acceptors (Lipinski definition) is 0. The van der Waals surface area contributed by atoms with Crippen LogP contribution in [0.25, 0.3) is 21.1 Å². The molecule has 118 valence electrons. The van der Waals surface area contributed by atoms with Crippen molar-refractivity contribution in [1.29, 1.82) is 0 Å². The molecule has 0 heterocycles. The highest BCUT2D eigenvalue weighted by molar-refractivity contribution is 9.15. The molecule has 0 aliphatic carbocycles. The monoisotopic (exact) mass is 438 g/mol. The van der Waals surface area contributed by atoms with Gasteiger partial charge in [0.25, 0.3) is 0 Å². The van der Waals surface area contributed by atoms with Gasteiger partial charge in [0.05, 0.1) is 0 Å². The van der Waals surface area contributed by atoms with Crippen LogP contribution in [-0.2, 0) is 0 Å². The Balaban J connectivity index is 1.87. The van der Waals surface area contributed by atoms with Gasteiger partial charge in [-0.25, -0.2) is 0 Å². The van der Waals surface area contributed by atoms with Crippen LogP contribution in [0, 0.1) is 0 Å². The minimum Gasteiger partial charge on any atom is -0.0622 e. The lowest BCUT2D eigenvalue weighted by molar-refractivity contribution is 1.61. The van der Waals surface area contributed by atoms with Gasteiger partial charge in [0, 0.05) is 8.96 Å². The van der Waals surface area contributed by atoms with Crippen molar-refractivity contribution in [2.75, 3.05) is 0 Å². The Morgan fingerprint density at radius 1 is 0.542 bits per heavy atom. The molecule has 0 saturated carbocycles. The van der Waals surface area contributed by atoms with Crippen molar-refractivity contribution in [3.8, 4) is 0 Å². The van der Waals surface area contributed by atoms with Crippen LogP contribution in [-0.4, -0.2) is 0 Å². The van der Waals surface area contributed by atoms with E-state index in [1.54, 1.807) is 0 Å². The minimum atomic E-state index is 1.08. The van der Waals surface area contributed by atoms with E-state index in [1.165, 1.54) is 11.1 Å². The molecule has 0 saturated heterocycles. The molecule has 0 amide bonds. The summed E-state index contributed by atoms with van der Waals surface area (Å²) in [5.41, 5.74) is 4.66. The Hall–Kier alpha value is -1.90. The first kappa shape index (κ1) is 16.9. The lowest BCUT2D eigenvalue weighted by Crippen LogP contribution is -1.80. The van der Waals surface area contributed by atoms with Gasteiger partial charge in [0.15, 0.2) is 0 Å². The maximum atomic E-state index is 3.67. The van der Waals surface area contributed by atoms with Crippen LogP contribution in [0.15, 0.2) is 84.9 Å². The van der Waals surface area contributed by atoms with Gasteiger partial charge >= 0.3 is 0 Å². The van der Waals surface area contributed by atoms with Crippen molar-refractivity contribution >= 4 is 53.0 Å². The summed E-state index contributed by atoms with van der Waals surface area (Å²) in [6.45, 7) is 0. The molecule has 0 aliphatic rings. The fourth-order valence-electron chi connectivity index (χ4n) is 2.39. The molecule has 2 heteroatoms. The smallest absolute Gasteiger partial charge is 0.0253 e. The van der Waals surface area contributed by atoms with Crippen LogP contribution in [0.2, 0.25) is 0 Å². The van der Waals surface area contributed by atoms with E-state index in [2.05, 4.69) is 92.5 Å². The third kappa shape index (κ3) is 4.56. The fraction of sp³-hybridized carbons (Fsp3) is 0. The topological polar surface area (TPSA) is 0 Å². The van der Waals surface area contributed by atoms with Crippen LogP contribution in [0.5, 0.6) is 0 Å². The van der Waals surface area contributed by atoms with E-state index < -0.39 is 0 Å². The zero-order valence-corrected chi connectivity index (χ0v) is 16.2. The van der Waals surface area contributed by atoms with E-state index in [9.17, 15) is 0 Å². The third-order valence-corrected chi connectivity index (χ3v) is 4.97. The van der Waals surface area contributed by atoms with Gasteiger partial charge in [0.1, 0.15) is 0 Å². The molecule has 0 aromatic heterocycles. The van der Waals surface area contributed by atoms with Gasteiger partial charge in [-0.05, 0) is 40.5 Å². The maximum absolute atomic E-state index is 3.67. The normalized spacial score (nSPS) is 12.2. The zero-order chi connectivity index (χ0) is 16.8. The summed E-state index contributed by atoms with van der Waals surface area (Å²) in [5.74, 6) is 0. The van der Waals surface area contributed by atoms with Crippen molar-refractivity contribution in [2.24, 2.45) is 0 Å². The first-order valence-corrected chi connectivity index (χ1v) is 9.26. The summed E-state index contributed by atoms with van der Waals surface area (Å²) in [6, 6.07) is 29.1. The Morgan fingerprint density at radius 3 is 1.38 bits per heavy atom. The average molecular weight is 440 g/mol. The van der Waals surface area contributed by atoms with Crippen LogP contribution in [0.1, 0.15) is 22.3 Å². The predicted octanol–water partition coefficient (Wildman–Crippen LogP) is 7.47. The molecule has 0 fully saturated rings. The highest BCUT2D eigenvalue weighted by Crippen LogP contribution is 2.26. The molecule has 0 aliphatic heterocycles. The fourth-order valence-corrected chi connectivity index (χ4v) is 3.45. The average Bonchev–Trinajstić information content (AvgIpc) is 2.63. The Bertz CT molecular complexity index is 792. The zero-order valence-electron chi connectivity index (χ0n) is 13.0. The molecule has 24 heavy (non-hydrogen) atoms. The highest BCUT2D eigenvalue weighted by atomic mass is 79.9. The molecule has 0 bridgehead atoms. The van der Waals surface area contributed by atoms with Gasteiger partial charge in [-0.3, -0.25) is 0 Å². The standard InChI is InChI=1S/C22H16Br2/c23-21(19-10-3-1-4-11-19)15-17-8-7-9-18(14-17)16-22(24)20-12-5-2-6-13-20/h1-16H. The maximum Gasteiger partial charge on any atom is 0.0253 e. The quantitative estimate of drug-likeness (QED) is 0.369.